The Bertz CT molecular complexity index is 1070. The van der Waals surface area contributed by atoms with Crippen LogP contribution in [0.25, 0.3) is 0 Å². The molecule has 2 aromatic rings. The minimum Gasteiger partial charge on any atom is -0.289 e. The predicted octanol–water partition coefficient (Wildman–Crippen LogP) is 2.74. The number of hydrogen-bond acceptors (Lipinski definition) is 5. The van der Waals surface area contributed by atoms with Crippen LogP contribution in [0.4, 0.5) is 5.69 Å². The van der Waals surface area contributed by atoms with Gasteiger partial charge in [-0.1, -0.05) is 27.5 Å². The average molecular weight is 513 g/mol. The van der Waals surface area contributed by atoms with E-state index < -0.39 is 16.1 Å². The smallest absolute Gasteiger partial charge is 0.251 e. The van der Waals surface area contributed by atoms with Gasteiger partial charge in [-0.2, -0.15) is 4.31 Å². The van der Waals surface area contributed by atoms with E-state index >= 15 is 0 Å². The molecule has 1 atom stereocenters. The fourth-order valence-electron chi connectivity index (χ4n) is 3.77. The first-order valence-electron chi connectivity index (χ1n) is 9.39. The van der Waals surface area contributed by atoms with E-state index in [2.05, 4.69) is 15.9 Å². The number of sulfonamides is 1. The van der Waals surface area contributed by atoms with Gasteiger partial charge in [-0.25, -0.2) is 13.3 Å². The largest absolute Gasteiger partial charge is 0.289 e. The molecule has 0 saturated carbocycles. The molecule has 2 aromatic carbocycles. The molecule has 30 heavy (non-hydrogen) atoms. The Hall–Kier alpha value is -1.78. The van der Waals surface area contributed by atoms with Crippen LogP contribution >= 0.6 is 27.5 Å². The monoisotopic (exact) mass is 511 g/mol. The average Bonchev–Trinajstić information content (AvgIpc) is 3.03. The Morgan fingerprint density at radius 1 is 0.900 bits per heavy atom. The van der Waals surface area contributed by atoms with Crippen molar-refractivity contribution in [2.24, 2.45) is 0 Å². The van der Waals surface area contributed by atoms with E-state index in [1.807, 2.05) is 4.90 Å². The maximum absolute atomic E-state index is 12.9. The van der Waals surface area contributed by atoms with Gasteiger partial charge in [0.05, 0.1) is 23.0 Å². The lowest BCUT2D eigenvalue weighted by atomic mass is 10.2. The van der Waals surface area contributed by atoms with Crippen molar-refractivity contribution in [1.29, 1.82) is 0 Å². The minimum atomic E-state index is -3.63. The zero-order chi connectivity index (χ0) is 21.5. The fraction of sp³-hybridized carbons (Fsp3) is 0.300. The Morgan fingerprint density at radius 2 is 1.50 bits per heavy atom. The van der Waals surface area contributed by atoms with E-state index in [0.29, 0.717) is 23.8 Å². The van der Waals surface area contributed by atoms with Crippen LogP contribution in [-0.4, -0.2) is 61.7 Å². The molecule has 0 aliphatic carbocycles. The predicted molar refractivity (Wildman–Crippen MR) is 117 cm³/mol. The van der Waals surface area contributed by atoms with Crippen molar-refractivity contribution in [3.63, 3.8) is 0 Å². The Labute approximate surface area is 188 Å². The van der Waals surface area contributed by atoms with Gasteiger partial charge in [0.25, 0.3) is 5.91 Å². The number of benzene rings is 2. The summed E-state index contributed by atoms with van der Waals surface area (Å²) in [5.41, 5.74) is 0.541. The molecule has 2 aliphatic heterocycles. The molecule has 0 N–H and O–H groups in total. The van der Waals surface area contributed by atoms with Crippen molar-refractivity contribution < 1.29 is 18.0 Å². The third-order valence-corrected chi connectivity index (χ3v) is 8.07. The molecule has 0 bridgehead atoms. The highest BCUT2D eigenvalue weighted by Crippen LogP contribution is 2.28. The first kappa shape index (κ1) is 21.5. The molecule has 2 fully saturated rings. The first-order chi connectivity index (χ1) is 14.3. The first-order valence-corrected chi connectivity index (χ1v) is 12.0. The molecule has 0 radical (unpaired) electrons. The summed E-state index contributed by atoms with van der Waals surface area (Å²) in [7, 11) is -3.63. The topological polar surface area (TPSA) is 78.0 Å². The minimum absolute atomic E-state index is 0.0961. The van der Waals surface area contributed by atoms with Crippen molar-refractivity contribution in [3.8, 4) is 0 Å². The number of rotatable bonds is 4. The summed E-state index contributed by atoms with van der Waals surface area (Å²) >= 11 is 9.19. The van der Waals surface area contributed by atoms with E-state index in [1.54, 1.807) is 36.4 Å². The number of halogens is 2. The standard InChI is InChI=1S/C20H19BrClN3O4S/c21-14-1-5-16(6-2-14)25-19(26)13-18(20(25)27)23-9-11-24(12-10-23)30(28,29)17-7-3-15(22)4-8-17/h1-8,18H,9-13H2/t18-/m0/s1. The normalized spacial score (nSPS) is 21.4. The van der Waals surface area contributed by atoms with Gasteiger partial charge in [0, 0.05) is 35.7 Å². The molecule has 2 saturated heterocycles. The number of amides is 2. The van der Waals surface area contributed by atoms with Crippen LogP contribution in [0.15, 0.2) is 57.9 Å². The van der Waals surface area contributed by atoms with Crippen molar-refractivity contribution >= 4 is 55.1 Å². The van der Waals surface area contributed by atoms with Gasteiger partial charge in [0.15, 0.2) is 0 Å². The second-order valence-corrected chi connectivity index (χ2v) is 10.4. The number of carbonyl (C=O) groups is 2. The van der Waals surface area contributed by atoms with Gasteiger partial charge in [0.2, 0.25) is 15.9 Å². The van der Waals surface area contributed by atoms with E-state index in [4.69, 9.17) is 11.6 Å². The summed E-state index contributed by atoms with van der Waals surface area (Å²) in [6.07, 6.45) is 0.0961. The van der Waals surface area contributed by atoms with Crippen LogP contribution in [0.1, 0.15) is 6.42 Å². The zero-order valence-electron chi connectivity index (χ0n) is 15.9. The molecule has 2 amide bonds. The lowest BCUT2D eigenvalue weighted by molar-refractivity contribution is -0.123. The molecule has 158 valence electrons. The van der Waals surface area contributed by atoms with Crippen molar-refractivity contribution in [3.05, 3.63) is 58.0 Å². The highest BCUT2D eigenvalue weighted by molar-refractivity contribution is 9.10. The molecule has 0 aromatic heterocycles. The maximum atomic E-state index is 12.9. The molecule has 7 nitrogen and oxygen atoms in total. The van der Waals surface area contributed by atoms with Gasteiger partial charge < -0.3 is 0 Å². The Morgan fingerprint density at radius 3 is 2.10 bits per heavy atom. The van der Waals surface area contributed by atoms with Gasteiger partial charge in [-0.05, 0) is 48.5 Å². The number of hydrogen-bond donors (Lipinski definition) is 0. The highest BCUT2D eigenvalue weighted by Gasteiger charge is 2.44. The SMILES string of the molecule is O=C1C[C@H](N2CCN(S(=O)(=O)c3ccc(Cl)cc3)CC2)C(=O)N1c1ccc(Br)cc1. The van der Waals surface area contributed by atoms with Crippen LogP contribution < -0.4 is 4.90 Å². The molecule has 2 heterocycles. The number of imide groups is 1. The molecule has 4 rings (SSSR count). The van der Waals surface area contributed by atoms with E-state index in [-0.39, 0.29) is 36.2 Å². The summed E-state index contributed by atoms with van der Waals surface area (Å²) in [5, 5.41) is 0.471. The highest BCUT2D eigenvalue weighted by atomic mass is 79.9. The molecule has 2 aliphatic rings. The van der Waals surface area contributed by atoms with E-state index in [1.165, 1.54) is 21.3 Å². The number of carbonyl (C=O) groups excluding carboxylic acids is 2. The van der Waals surface area contributed by atoms with Crippen LogP contribution in [0.2, 0.25) is 5.02 Å². The zero-order valence-corrected chi connectivity index (χ0v) is 19.0. The maximum Gasteiger partial charge on any atom is 0.251 e. The lowest BCUT2D eigenvalue weighted by Crippen LogP contribution is -2.53. The van der Waals surface area contributed by atoms with Crippen molar-refractivity contribution in [2.45, 2.75) is 17.4 Å². The molecule has 0 spiro atoms. The van der Waals surface area contributed by atoms with Crippen LogP contribution in [0.3, 0.4) is 0 Å². The van der Waals surface area contributed by atoms with E-state index in [0.717, 1.165) is 4.47 Å². The van der Waals surface area contributed by atoms with Gasteiger partial charge >= 0.3 is 0 Å². The van der Waals surface area contributed by atoms with Gasteiger partial charge in [-0.3, -0.25) is 14.5 Å². The molecule has 10 heteroatoms. The van der Waals surface area contributed by atoms with Crippen LogP contribution in [0, 0.1) is 0 Å². The molecular formula is C20H19BrClN3O4S. The van der Waals surface area contributed by atoms with Crippen molar-refractivity contribution in [2.75, 3.05) is 31.1 Å². The Balaban J connectivity index is 1.44. The number of nitrogens with zero attached hydrogens (tertiary/aromatic N) is 3. The second-order valence-electron chi connectivity index (χ2n) is 7.16. The van der Waals surface area contributed by atoms with Crippen molar-refractivity contribution in [1.82, 2.24) is 9.21 Å². The third kappa shape index (κ3) is 4.04. The van der Waals surface area contributed by atoms with Crippen LogP contribution in [0.5, 0.6) is 0 Å². The molecule has 0 unspecified atom stereocenters. The summed E-state index contributed by atoms with van der Waals surface area (Å²) < 4.78 is 27.9. The summed E-state index contributed by atoms with van der Waals surface area (Å²) in [5.74, 6) is -0.514. The third-order valence-electron chi connectivity index (χ3n) is 5.37. The van der Waals surface area contributed by atoms with Crippen LogP contribution in [-0.2, 0) is 19.6 Å². The van der Waals surface area contributed by atoms with Gasteiger partial charge in [-0.15, -0.1) is 0 Å². The lowest BCUT2D eigenvalue weighted by Gasteiger charge is -2.36. The summed E-state index contributed by atoms with van der Waals surface area (Å²) in [6.45, 7) is 1.26. The quantitative estimate of drug-likeness (QED) is 0.589. The number of piperazine rings is 1. The second kappa shape index (κ2) is 8.39. The van der Waals surface area contributed by atoms with E-state index in [9.17, 15) is 18.0 Å². The summed E-state index contributed by atoms with van der Waals surface area (Å²) in [4.78, 5) is 28.7. The summed E-state index contributed by atoms with van der Waals surface area (Å²) in [6, 6.07) is 12.5. The fourth-order valence-corrected chi connectivity index (χ4v) is 5.59. The number of anilines is 1. The Kier molecular flexibility index (Phi) is 6.00. The molecular weight excluding hydrogens is 494 g/mol. The van der Waals surface area contributed by atoms with Gasteiger partial charge in [0.1, 0.15) is 0 Å².